The van der Waals surface area contributed by atoms with Crippen molar-refractivity contribution >= 4 is 17.6 Å². The molecule has 0 saturated heterocycles. The second-order valence-electron chi connectivity index (χ2n) is 6.65. The summed E-state index contributed by atoms with van der Waals surface area (Å²) < 4.78 is 18.9. The van der Waals surface area contributed by atoms with Crippen molar-refractivity contribution < 1.29 is 9.13 Å². The Labute approximate surface area is 169 Å². The van der Waals surface area contributed by atoms with Gasteiger partial charge >= 0.3 is 0 Å². The first-order valence-corrected chi connectivity index (χ1v) is 9.36. The van der Waals surface area contributed by atoms with Gasteiger partial charge in [-0.1, -0.05) is 31.2 Å². The van der Waals surface area contributed by atoms with Crippen molar-refractivity contribution in [1.29, 1.82) is 0 Å². The van der Waals surface area contributed by atoms with Gasteiger partial charge in [0.25, 0.3) is 0 Å². The summed E-state index contributed by atoms with van der Waals surface area (Å²) in [7, 11) is 1.45. The summed E-state index contributed by atoms with van der Waals surface area (Å²) in [5, 5.41) is 3.19. The maximum Gasteiger partial charge on any atom is 0.232 e. The predicted octanol–water partition coefficient (Wildman–Crippen LogP) is 3.68. The fourth-order valence-electron chi connectivity index (χ4n) is 2.94. The smallest absolute Gasteiger partial charge is 0.232 e. The van der Waals surface area contributed by atoms with Crippen LogP contribution >= 0.6 is 0 Å². The SMILES string of the molecule is CCN(Cc1ccc(OC)c(F)c1)Cc1nc(N)nc(Nc2ccccc2C)n1. The average Bonchev–Trinajstić information content (AvgIpc) is 2.69. The van der Waals surface area contributed by atoms with E-state index in [4.69, 9.17) is 10.5 Å². The van der Waals surface area contributed by atoms with Gasteiger partial charge < -0.3 is 15.8 Å². The number of nitrogen functional groups attached to an aromatic ring is 1. The summed E-state index contributed by atoms with van der Waals surface area (Å²) in [6.45, 7) is 5.76. The first-order chi connectivity index (χ1) is 14.0. The number of aryl methyl sites for hydroxylation is 1. The van der Waals surface area contributed by atoms with E-state index < -0.39 is 0 Å². The maximum atomic E-state index is 14.0. The molecule has 3 rings (SSSR count). The number of ether oxygens (including phenoxy) is 1. The fraction of sp³-hybridized carbons (Fsp3) is 0.286. The highest BCUT2D eigenvalue weighted by Gasteiger charge is 2.12. The summed E-state index contributed by atoms with van der Waals surface area (Å²) >= 11 is 0. The van der Waals surface area contributed by atoms with Crippen molar-refractivity contribution in [3.63, 3.8) is 0 Å². The first kappa shape index (κ1) is 20.5. The number of halogens is 1. The Morgan fingerprint density at radius 2 is 1.90 bits per heavy atom. The number of anilines is 3. The molecule has 3 aromatic rings. The summed E-state index contributed by atoms with van der Waals surface area (Å²) in [6.07, 6.45) is 0. The van der Waals surface area contributed by atoms with E-state index in [0.29, 0.717) is 24.9 Å². The van der Waals surface area contributed by atoms with Gasteiger partial charge in [-0.3, -0.25) is 4.90 Å². The molecule has 0 bridgehead atoms. The van der Waals surface area contributed by atoms with Crippen LogP contribution in [0.3, 0.4) is 0 Å². The number of nitrogens with two attached hydrogens (primary N) is 1. The van der Waals surface area contributed by atoms with Gasteiger partial charge in [-0.25, -0.2) is 4.39 Å². The molecule has 7 nitrogen and oxygen atoms in total. The highest BCUT2D eigenvalue weighted by Crippen LogP contribution is 2.20. The molecule has 29 heavy (non-hydrogen) atoms. The Balaban J connectivity index is 1.74. The number of nitrogens with one attached hydrogen (secondary N) is 1. The molecule has 8 heteroatoms. The van der Waals surface area contributed by atoms with Gasteiger partial charge in [0.15, 0.2) is 11.6 Å². The van der Waals surface area contributed by atoms with Crippen molar-refractivity contribution in [1.82, 2.24) is 19.9 Å². The zero-order valence-corrected chi connectivity index (χ0v) is 16.8. The van der Waals surface area contributed by atoms with Crippen LogP contribution in [-0.4, -0.2) is 33.5 Å². The van der Waals surface area contributed by atoms with Crippen molar-refractivity contribution in [3.05, 3.63) is 65.2 Å². The van der Waals surface area contributed by atoms with Crippen LogP contribution in [0, 0.1) is 12.7 Å². The van der Waals surface area contributed by atoms with Gasteiger partial charge in [-0.05, 0) is 42.8 Å². The van der Waals surface area contributed by atoms with E-state index in [2.05, 4.69) is 25.2 Å². The largest absolute Gasteiger partial charge is 0.494 e. The molecule has 0 spiro atoms. The second-order valence-corrected chi connectivity index (χ2v) is 6.65. The number of rotatable bonds is 8. The summed E-state index contributed by atoms with van der Waals surface area (Å²) in [4.78, 5) is 15.0. The lowest BCUT2D eigenvalue weighted by Gasteiger charge is -2.20. The highest BCUT2D eigenvalue weighted by molar-refractivity contribution is 5.58. The van der Waals surface area contributed by atoms with Crippen molar-refractivity contribution in [2.24, 2.45) is 0 Å². The molecular formula is C21H25FN6O. The van der Waals surface area contributed by atoms with E-state index in [1.165, 1.54) is 13.2 Å². The minimum absolute atomic E-state index is 0.151. The number of hydrogen-bond acceptors (Lipinski definition) is 7. The van der Waals surface area contributed by atoms with Crippen LogP contribution in [0.15, 0.2) is 42.5 Å². The molecule has 0 atom stereocenters. The van der Waals surface area contributed by atoms with Gasteiger partial charge in [0, 0.05) is 12.2 Å². The van der Waals surface area contributed by atoms with Crippen LogP contribution in [0.1, 0.15) is 23.9 Å². The number of nitrogens with zero attached hydrogens (tertiary/aromatic N) is 4. The summed E-state index contributed by atoms with van der Waals surface area (Å²) in [6, 6.07) is 12.8. The first-order valence-electron chi connectivity index (χ1n) is 9.36. The monoisotopic (exact) mass is 396 g/mol. The molecule has 2 aromatic carbocycles. The van der Waals surface area contributed by atoms with Gasteiger partial charge in [0.1, 0.15) is 5.82 Å². The second kappa shape index (κ2) is 9.29. The zero-order chi connectivity index (χ0) is 20.8. The van der Waals surface area contributed by atoms with Crippen LogP contribution in [0.2, 0.25) is 0 Å². The molecular weight excluding hydrogens is 371 g/mol. The van der Waals surface area contributed by atoms with Crippen LogP contribution in [0.4, 0.5) is 22.0 Å². The number of hydrogen-bond donors (Lipinski definition) is 2. The minimum Gasteiger partial charge on any atom is -0.494 e. The Morgan fingerprint density at radius 1 is 1.10 bits per heavy atom. The third-order valence-electron chi connectivity index (χ3n) is 4.53. The Hall–Kier alpha value is -3.26. The third kappa shape index (κ3) is 5.39. The lowest BCUT2D eigenvalue weighted by atomic mass is 10.2. The van der Waals surface area contributed by atoms with E-state index in [1.807, 2.05) is 44.2 Å². The Bertz CT molecular complexity index is 981. The van der Waals surface area contributed by atoms with Crippen LogP contribution in [0.25, 0.3) is 0 Å². The summed E-state index contributed by atoms with van der Waals surface area (Å²) in [5.41, 5.74) is 8.71. The third-order valence-corrected chi connectivity index (χ3v) is 4.53. The molecule has 152 valence electrons. The molecule has 3 N–H and O–H groups in total. The fourth-order valence-corrected chi connectivity index (χ4v) is 2.94. The average molecular weight is 396 g/mol. The highest BCUT2D eigenvalue weighted by atomic mass is 19.1. The van der Waals surface area contributed by atoms with Crippen LogP contribution in [-0.2, 0) is 13.1 Å². The Morgan fingerprint density at radius 3 is 2.59 bits per heavy atom. The van der Waals surface area contributed by atoms with E-state index in [-0.39, 0.29) is 17.5 Å². The molecule has 0 aliphatic carbocycles. The standard InChI is InChI=1S/C21H25FN6O/c1-4-28(12-15-9-10-18(29-3)16(22)11-15)13-19-25-20(23)27-21(26-19)24-17-8-6-5-7-14(17)2/h5-11H,4,12-13H2,1-3H3,(H3,23,24,25,26,27). The normalized spacial score (nSPS) is 10.9. The topological polar surface area (TPSA) is 89.2 Å². The molecule has 0 radical (unpaired) electrons. The molecule has 0 aliphatic heterocycles. The van der Waals surface area contributed by atoms with E-state index in [9.17, 15) is 4.39 Å². The van der Waals surface area contributed by atoms with E-state index in [0.717, 1.165) is 23.4 Å². The van der Waals surface area contributed by atoms with Gasteiger partial charge in [0.2, 0.25) is 11.9 Å². The predicted molar refractivity (Wildman–Crippen MR) is 111 cm³/mol. The number of para-hydroxylation sites is 1. The van der Waals surface area contributed by atoms with E-state index in [1.54, 1.807) is 6.07 Å². The number of aromatic nitrogens is 3. The van der Waals surface area contributed by atoms with Crippen molar-refractivity contribution in [2.45, 2.75) is 26.9 Å². The van der Waals surface area contributed by atoms with Crippen molar-refractivity contribution in [3.8, 4) is 5.75 Å². The van der Waals surface area contributed by atoms with Gasteiger partial charge in [-0.15, -0.1) is 0 Å². The van der Waals surface area contributed by atoms with Crippen LogP contribution < -0.4 is 15.8 Å². The van der Waals surface area contributed by atoms with Crippen LogP contribution in [0.5, 0.6) is 5.75 Å². The van der Waals surface area contributed by atoms with Gasteiger partial charge in [-0.2, -0.15) is 15.0 Å². The van der Waals surface area contributed by atoms with E-state index >= 15 is 0 Å². The lowest BCUT2D eigenvalue weighted by molar-refractivity contribution is 0.264. The molecule has 0 amide bonds. The molecule has 0 fully saturated rings. The number of methoxy groups -OCH3 is 1. The maximum absolute atomic E-state index is 14.0. The molecule has 0 saturated carbocycles. The molecule has 0 aliphatic rings. The molecule has 1 heterocycles. The Kier molecular flexibility index (Phi) is 6.56. The summed E-state index contributed by atoms with van der Waals surface area (Å²) in [5.74, 6) is 0.944. The lowest BCUT2D eigenvalue weighted by Crippen LogP contribution is -2.24. The minimum atomic E-state index is -0.379. The van der Waals surface area contributed by atoms with Gasteiger partial charge in [0.05, 0.1) is 13.7 Å². The number of benzene rings is 2. The molecule has 0 unspecified atom stereocenters. The quantitative estimate of drug-likeness (QED) is 0.600. The van der Waals surface area contributed by atoms with Crippen molar-refractivity contribution in [2.75, 3.05) is 24.7 Å². The molecule has 1 aromatic heterocycles. The zero-order valence-electron chi connectivity index (χ0n) is 16.8.